The molecule has 2 amide bonds. The first-order chi connectivity index (χ1) is 11.0. The number of halogens is 2. The summed E-state index contributed by atoms with van der Waals surface area (Å²) in [6.45, 7) is 4.29. The first kappa shape index (κ1) is 20.7. The lowest BCUT2D eigenvalue weighted by Gasteiger charge is -2.35. The van der Waals surface area contributed by atoms with E-state index < -0.39 is 0 Å². The highest BCUT2D eigenvalue weighted by Crippen LogP contribution is 2.12. The molecule has 0 aromatic heterocycles. The highest BCUT2D eigenvalue weighted by Gasteiger charge is 2.23. The van der Waals surface area contributed by atoms with Crippen LogP contribution in [0.5, 0.6) is 0 Å². The molecule has 0 saturated carbocycles. The fraction of sp³-hybridized carbons (Fsp3) is 0.529. The van der Waals surface area contributed by atoms with Gasteiger partial charge in [0.15, 0.2) is 0 Å². The molecular formula is C17H25Cl2N3O2. The number of nitrogens with zero attached hydrogens (tertiary/aromatic N) is 2. The predicted molar refractivity (Wildman–Crippen MR) is 98.4 cm³/mol. The molecular weight excluding hydrogens is 349 g/mol. The van der Waals surface area contributed by atoms with Crippen molar-refractivity contribution in [1.29, 1.82) is 0 Å². The van der Waals surface area contributed by atoms with Crippen molar-refractivity contribution >= 4 is 35.8 Å². The van der Waals surface area contributed by atoms with E-state index in [0.29, 0.717) is 50.5 Å². The third-order valence-corrected chi connectivity index (χ3v) is 4.32. The van der Waals surface area contributed by atoms with Crippen molar-refractivity contribution in [2.45, 2.75) is 32.2 Å². The summed E-state index contributed by atoms with van der Waals surface area (Å²) >= 11 is 5.85. The lowest BCUT2D eigenvalue weighted by atomic mass is 10.1. The number of amides is 2. The minimum absolute atomic E-state index is 0. The Morgan fingerprint density at radius 2 is 1.58 bits per heavy atom. The van der Waals surface area contributed by atoms with Crippen LogP contribution in [-0.2, 0) is 16.0 Å². The maximum Gasteiger partial charge on any atom is 0.227 e. The van der Waals surface area contributed by atoms with Gasteiger partial charge in [-0.05, 0) is 31.0 Å². The van der Waals surface area contributed by atoms with Crippen LogP contribution in [0.2, 0.25) is 5.02 Å². The van der Waals surface area contributed by atoms with E-state index in [4.69, 9.17) is 17.3 Å². The Balaban J connectivity index is 0.00000288. The van der Waals surface area contributed by atoms with E-state index in [1.165, 1.54) is 0 Å². The SMILES string of the molecule is CC(N)CCC(=O)N1CCN(C(=O)Cc2ccc(Cl)cc2)CC1.Cl. The van der Waals surface area contributed by atoms with Gasteiger partial charge in [-0.1, -0.05) is 23.7 Å². The van der Waals surface area contributed by atoms with Gasteiger partial charge in [0.25, 0.3) is 0 Å². The van der Waals surface area contributed by atoms with Gasteiger partial charge in [0.1, 0.15) is 0 Å². The number of hydrogen-bond donors (Lipinski definition) is 1. The zero-order chi connectivity index (χ0) is 16.8. The average Bonchev–Trinajstić information content (AvgIpc) is 2.55. The molecule has 24 heavy (non-hydrogen) atoms. The van der Waals surface area contributed by atoms with E-state index in [2.05, 4.69) is 0 Å². The third-order valence-electron chi connectivity index (χ3n) is 4.07. The second-order valence-corrected chi connectivity index (χ2v) is 6.52. The Bertz CT molecular complexity index is 541. The summed E-state index contributed by atoms with van der Waals surface area (Å²) < 4.78 is 0. The quantitative estimate of drug-likeness (QED) is 0.859. The average molecular weight is 374 g/mol. The van der Waals surface area contributed by atoms with Gasteiger partial charge in [-0.25, -0.2) is 0 Å². The molecule has 1 atom stereocenters. The molecule has 2 N–H and O–H groups in total. The normalized spacial score (nSPS) is 15.6. The van der Waals surface area contributed by atoms with Crippen LogP contribution in [0.15, 0.2) is 24.3 Å². The van der Waals surface area contributed by atoms with E-state index in [-0.39, 0.29) is 30.3 Å². The summed E-state index contributed by atoms with van der Waals surface area (Å²) in [5.41, 5.74) is 6.64. The maximum absolute atomic E-state index is 12.3. The van der Waals surface area contributed by atoms with Crippen LogP contribution in [0.25, 0.3) is 0 Å². The molecule has 1 unspecified atom stereocenters. The Hall–Kier alpha value is -1.30. The van der Waals surface area contributed by atoms with Gasteiger partial charge in [-0.3, -0.25) is 9.59 Å². The molecule has 2 rings (SSSR count). The van der Waals surface area contributed by atoms with Gasteiger partial charge in [0.05, 0.1) is 6.42 Å². The summed E-state index contributed by atoms with van der Waals surface area (Å²) in [4.78, 5) is 28.0. The van der Waals surface area contributed by atoms with Gasteiger partial charge < -0.3 is 15.5 Å². The molecule has 5 nitrogen and oxygen atoms in total. The number of hydrogen-bond acceptors (Lipinski definition) is 3. The molecule has 1 aromatic rings. The standard InChI is InChI=1S/C17H24ClN3O2.ClH/c1-13(19)2-7-16(22)20-8-10-21(11-9-20)17(23)12-14-3-5-15(18)6-4-14;/h3-6,13H,2,7-12,19H2,1H3;1H. The second kappa shape index (κ2) is 9.87. The minimum Gasteiger partial charge on any atom is -0.339 e. The van der Waals surface area contributed by atoms with Gasteiger partial charge in [-0.15, -0.1) is 12.4 Å². The molecule has 0 radical (unpaired) electrons. The molecule has 7 heteroatoms. The van der Waals surface area contributed by atoms with Crippen LogP contribution in [0.4, 0.5) is 0 Å². The van der Waals surface area contributed by atoms with Crippen molar-refractivity contribution in [2.24, 2.45) is 5.73 Å². The fourth-order valence-electron chi connectivity index (χ4n) is 2.60. The Kier molecular flexibility index (Phi) is 8.53. The van der Waals surface area contributed by atoms with Crippen molar-refractivity contribution in [3.05, 3.63) is 34.9 Å². The molecule has 1 heterocycles. The van der Waals surface area contributed by atoms with Crippen LogP contribution in [0, 0.1) is 0 Å². The Labute approximate surface area is 154 Å². The fourth-order valence-corrected chi connectivity index (χ4v) is 2.73. The lowest BCUT2D eigenvalue weighted by Crippen LogP contribution is -2.51. The van der Waals surface area contributed by atoms with Gasteiger partial charge in [0, 0.05) is 43.7 Å². The van der Waals surface area contributed by atoms with E-state index >= 15 is 0 Å². The van der Waals surface area contributed by atoms with Crippen molar-refractivity contribution in [2.75, 3.05) is 26.2 Å². The van der Waals surface area contributed by atoms with Crippen molar-refractivity contribution in [1.82, 2.24) is 9.80 Å². The number of rotatable bonds is 5. The Morgan fingerprint density at radius 3 is 2.08 bits per heavy atom. The zero-order valence-electron chi connectivity index (χ0n) is 13.9. The van der Waals surface area contributed by atoms with Crippen molar-refractivity contribution in [3.63, 3.8) is 0 Å². The summed E-state index contributed by atoms with van der Waals surface area (Å²) in [5.74, 6) is 0.224. The van der Waals surface area contributed by atoms with Crippen molar-refractivity contribution < 1.29 is 9.59 Å². The molecule has 134 valence electrons. The Morgan fingerprint density at radius 1 is 1.08 bits per heavy atom. The third kappa shape index (κ3) is 6.30. The topological polar surface area (TPSA) is 66.6 Å². The molecule has 1 saturated heterocycles. The summed E-state index contributed by atoms with van der Waals surface area (Å²) in [5, 5.41) is 0.667. The number of carbonyl (C=O) groups excluding carboxylic acids is 2. The number of nitrogens with two attached hydrogens (primary N) is 1. The molecule has 1 fully saturated rings. The smallest absolute Gasteiger partial charge is 0.227 e. The summed E-state index contributed by atoms with van der Waals surface area (Å²) in [7, 11) is 0. The molecule has 0 spiro atoms. The predicted octanol–water partition coefficient (Wildman–Crippen LogP) is 2.10. The molecule has 0 aliphatic carbocycles. The van der Waals surface area contributed by atoms with E-state index in [0.717, 1.165) is 5.56 Å². The zero-order valence-corrected chi connectivity index (χ0v) is 15.5. The molecule has 0 bridgehead atoms. The first-order valence-electron chi connectivity index (χ1n) is 8.01. The molecule has 1 aliphatic heterocycles. The van der Waals surface area contributed by atoms with Gasteiger partial charge >= 0.3 is 0 Å². The number of carbonyl (C=O) groups is 2. The van der Waals surface area contributed by atoms with Crippen molar-refractivity contribution in [3.8, 4) is 0 Å². The van der Waals surface area contributed by atoms with E-state index in [9.17, 15) is 9.59 Å². The number of piperazine rings is 1. The van der Waals surface area contributed by atoms with Gasteiger partial charge in [-0.2, -0.15) is 0 Å². The summed E-state index contributed by atoms with van der Waals surface area (Å²) in [6.07, 6.45) is 1.56. The van der Waals surface area contributed by atoms with Crippen LogP contribution >= 0.6 is 24.0 Å². The van der Waals surface area contributed by atoms with Crippen LogP contribution in [0.3, 0.4) is 0 Å². The maximum atomic E-state index is 12.3. The van der Waals surface area contributed by atoms with Crippen LogP contribution in [0.1, 0.15) is 25.3 Å². The second-order valence-electron chi connectivity index (χ2n) is 6.08. The summed E-state index contributed by atoms with van der Waals surface area (Å²) in [6, 6.07) is 7.36. The van der Waals surface area contributed by atoms with Crippen LogP contribution in [-0.4, -0.2) is 53.8 Å². The largest absolute Gasteiger partial charge is 0.339 e. The highest BCUT2D eigenvalue weighted by atomic mass is 35.5. The van der Waals surface area contributed by atoms with Crippen LogP contribution < -0.4 is 5.73 Å². The van der Waals surface area contributed by atoms with E-state index in [1.54, 1.807) is 12.1 Å². The highest BCUT2D eigenvalue weighted by molar-refractivity contribution is 6.30. The van der Waals surface area contributed by atoms with E-state index in [1.807, 2.05) is 28.9 Å². The monoisotopic (exact) mass is 373 g/mol. The molecule has 1 aliphatic rings. The number of benzene rings is 1. The molecule has 1 aromatic carbocycles. The first-order valence-corrected chi connectivity index (χ1v) is 8.39. The minimum atomic E-state index is 0. The van der Waals surface area contributed by atoms with Gasteiger partial charge in [0.2, 0.25) is 11.8 Å². The lowest BCUT2D eigenvalue weighted by molar-refractivity contribution is -0.139.